The lowest BCUT2D eigenvalue weighted by molar-refractivity contribution is -0.376. The van der Waals surface area contributed by atoms with Crippen LogP contribution in [0.2, 0.25) is 0 Å². The molecule has 0 unspecified atom stereocenters. The van der Waals surface area contributed by atoms with E-state index in [0.717, 1.165) is 27.2 Å². The first-order valence-corrected chi connectivity index (χ1v) is 12.7. The van der Waals surface area contributed by atoms with Crippen molar-refractivity contribution in [3.63, 3.8) is 0 Å². The van der Waals surface area contributed by atoms with Crippen LogP contribution < -0.4 is 15.0 Å². The molecule has 0 saturated heterocycles. The van der Waals surface area contributed by atoms with Gasteiger partial charge in [0.05, 0.1) is 30.8 Å². The number of benzene rings is 3. The Balaban J connectivity index is 1.94. The van der Waals surface area contributed by atoms with Gasteiger partial charge in [0.15, 0.2) is 11.5 Å². The number of hydrogen-bond donors (Lipinski definition) is 1. The second-order valence-corrected chi connectivity index (χ2v) is 9.55. The third-order valence-corrected chi connectivity index (χ3v) is 7.07. The smallest absolute Gasteiger partial charge is 0.430 e. The Kier molecular flexibility index (Phi) is 7.83. The fraction of sp³-hybridized carbons (Fsp3) is 0.259. The van der Waals surface area contributed by atoms with E-state index in [1.165, 1.54) is 38.1 Å². The SMILES string of the molecule is COc1cc2nc(Cc3ccc(SC)cc3)n(-c3ccc(C(O)(C(F)(F)F)C(F)(F)F)cc3)c(=O)c2cc1OC. The number of rotatable bonds is 7. The summed E-state index contributed by atoms with van der Waals surface area (Å²) in [4.78, 5) is 19.3. The molecule has 4 aromatic rings. The van der Waals surface area contributed by atoms with E-state index >= 15 is 0 Å². The Morgan fingerprint density at radius 1 is 0.875 bits per heavy atom. The molecule has 212 valence electrons. The van der Waals surface area contributed by atoms with Gasteiger partial charge in [-0.3, -0.25) is 9.36 Å². The molecule has 0 saturated carbocycles. The van der Waals surface area contributed by atoms with Crippen molar-refractivity contribution < 1.29 is 40.9 Å². The van der Waals surface area contributed by atoms with Crippen molar-refractivity contribution >= 4 is 22.7 Å². The molecule has 3 aromatic carbocycles. The molecule has 1 aromatic heterocycles. The van der Waals surface area contributed by atoms with Crippen LogP contribution in [0.25, 0.3) is 16.6 Å². The van der Waals surface area contributed by atoms with Crippen LogP contribution in [0.15, 0.2) is 70.4 Å². The first-order valence-electron chi connectivity index (χ1n) is 11.5. The van der Waals surface area contributed by atoms with E-state index in [0.29, 0.717) is 17.9 Å². The number of fused-ring (bicyclic) bond motifs is 1. The maximum atomic E-state index is 13.7. The van der Waals surface area contributed by atoms with E-state index in [1.807, 2.05) is 30.5 Å². The van der Waals surface area contributed by atoms with E-state index in [9.17, 15) is 36.2 Å². The van der Waals surface area contributed by atoms with Gasteiger partial charge in [0, 0.05) is 22.9 Å². The molecule has 0 radical (unpaired) electrons. The highest BCUT2D eigenvalue weighted by Gasteiger charge is 2.71. The van der Waals surface area contributed by atoms with Crippen molar-refractivity contribution in [3.05, 3.63) is 88.0 Å². The summed E-state index contributed by atoms with van der Waals surface area (Å²) < 4.78 is 92.0. The lowest BCUT2D eigenvalue weighted by Crippen LogP contribution is -2.53. The van der Waals surface area contributed by atoms with Gasteiger partial charge < -0.3 is 14.6 Å². The number of hydrogen-bond acceptors (Lipinski definition) is 6. The zero-order valence-corrected chi connectivity index (χ0v) is 22.0. The molecule has 0 fully saturated rings. The van der Waals surface area contributed by atoms with Gasteiger partial charge in [-0.05, 0) is 42.2 Å². The molecule has 0 spiro atoms. The van der Waals surface area contributed by atoms with E-state index in [-0.39, 0.29) is 34.6 Å². The Morgan fingerprint density at radius 3 is 1.93 bits per heavy atom. The predicted molar refractivity (Wildman–Crippen MR) is 137 cm³/mol. The molecule has 0 aliphatic carbocycles. The van der Waals surface area contributed by atoms with Crippen LogP contribution in [0.4, 0.5) is 26.3 Å². The van der Waals surface area contributed by atoms with Gasteiger partial charge in [0.2, 0.25) is 0 Å². The van der Waals surface area contributed by atoms with E-state index in [1.54, 1.807) is 0 Å². The van der Waals surface area contributed by atoms with Crippen LogP contribution in [-0.4, -0.2) is 47.5 Å². The molecule has 0 aliphatic rings. The van der Waals surface area contributed by atoms with Crippen LogP contribution in [-0.2, 0) is 12.0 Å². The highest BCUT2D eigenvalue weighted by atomic mass is 32.2. The highest BCUT2D eigenvalue weighted by molar-refractivity contribution is 7.98. The summed E-state index contributed by atoms with van der Waals surface area (Å²) in [6.07, 6.45) is -10.1. The highest BCUT2D eigenvalue weighted by Crippen LogP contribution is 2.50. The number of methoxy groups -OCH3 is 2. The summed E-state index contributed by atoms with van der Waals surface area (Å²) in [6, 6.07) is 13.0. The third-order valence-electron chi connectivity index (χ3n) is 6.33. The standard InChI is InChI=1S/C27H22F6N2O4S/c1-38-21-13-19-20(14-22(21)39-2)34-23(12-15-4-10-18(40-3)11-5-15)35(24(19)36)17-8-6-16(7-9-17)25(37,26(28,29)30)27(31,32)33/h4-11,13-14,37H,12H2,1-3H3. The van der Waals surface area contributed by atoms with E-state index in [4.69, 9.17) is 9.47 Å². The van der Waals surface area contributed by atoms with Crippen molar-refractivity contribution in [1.29, 1.82) is 0 Å². The van der Waals surface area contributed by atoms with Gasteiger partial charge in [0.1, 0.15) is 5.82 Å². The van der Waals surface area contributed by atoms with Gasteiger partial charge in [-0.15, -0.1) is 11.8 Å². The monoisotopic (exact) mass is 584 g/mol. The van der Waals surface area contributed by atoms with E-state index < -0.39 is 29.1 Å². The zero-order chi connectivity index (χ0) is 29.5. The molecule has 1 heterocycles. The number of ether oxygens (including phenoxy) is 2. The summed E-state index contributed by atoms with van der Waals surface area (Å²) in [5.74, 6) is 0.686. The second-order valence-electron chi connectivity index (χ2n) is 8.67. The van der Waals surface area contributed by atoms with Gasteiger partial charge >= 0.3 is 12.4 Å². The topological polar surface area (TPSA) is 73.6 Å². The zero-order valence-electron chi connectivity index (χ0n) is 21.2. The lowest BCUT2D eigenvalue weighted by Gasteiger charge is -2.32. The minimum Gasteiger partial charge on any atom is -0.493 e. The van der Waals surface area contributed by atoms with Crippen molar-refractivity contribution in [1.82, 2.24) is 9.55 Å². The normalized spacial score (nSPS) is 12.6. The molecule has 1 N–H and O–H groups in total. The molecule has 6 nitrogen and oxygen atoms in total. The molecular weight excluding hydrogens is 562 g/mol. The van der Waals surface area contributed by atoms with Crippen LogP contribution in [0.5, 0.6) is 11.5 Å². The third kappa shape index (κ3) is 5.10. The van der Waals surface area contributed by atoms with Crippen molar-refractivity contribution in [2.45, 2.75) is 29.3 Å². The predicted octanol–water partition coefficient (Wildman–Crippen LogP) is 6.03. The summed E-state index contributed by atoms with van der Waals surface area (Å²) >= 11 is 1.53. The maximum Gasteiger partial charge on any atom is 0.430 e. The Labute approximate surface area is 228 Å². The summed E-state index contributed by atoms with van der Waals surface area (Å²) in [5, 5.41) is 9.83. The number of nitrogens with zero attached hydrogens (tertiary/aromatic N) is 2. The van der Waals surface area contributed by atoms with Gasteiger partial charge in [0.25, 0.3) is 11.2 Å². The lowest BCUT2D eigenvalue weighted by atomic mass is 9.92. The summed E-state index contributed by atoms with van der Waals surface area (Å²) in [6.45, 7) is 0. The number of halogens is 6. The minimum atomic E-state index is -6.04. The average Bonchev–Trinajstić information content (AvgIpc) is 2.91. The fourth-order valence-corrected chi connectivity index (χ4v) is 4.62. The molecule has 0 amide bonds. The number of aromatic nitrogens is 2. The van der Waals surface area contributed by atoms with Crippen molar-refractivity contribution in [2.75, 3.05) is 20.5 Å². The fourth-order valence-electron chi connectivity index (χ4n) is 4.21. The Bertz CT molecular complexity index is 1570. The summed E-state index contributed by atoms with van der Waals surface area (Å²) in [7, 11) is 2.77. The largest absolute Gasteiger partial charge is 0.493 e. The molecule has 0 atom stereocenters. The van der Waals surface area contributed by atoms with Gasteiger partial charge in [-0.1, -0.05) is 24.3 Å². The first kappa shape index (κ1) is 29.3. The molecule has 40 heavy (non-hydrogen) atoms. The van der Waals surface area contributed by atoms with Gasteiger partial charge in [-0.2, -0.15) is 26.3 Å². The quantitative estimate of drug-likeness (QED) is 0.211. The molecule has 0 bridgehead atoms. The first-order chi connectivity index (χ1) is 18.7. The van der Waals surface area contributed by atoms with Crippen LogP contribution in [0.1, 0.15) is 17.0 Å². The molecular formula is C27H22F6N2O4S. The van der Waals surface area contributed by atoms with Crippen LogP contribution >= 0.6 is 11.8 Å². The van der Waals surface area contributed by atoms with Crippen LogP contribution in [0.3, 0.4) is 0 Å². The molecule has 0 aliphatic heterocycles. The maximum absolute atomic E-state index is 13.7. The number of aliphatic hydroxyl groups is 1. The molecule has 13 heteroatoms. The van der Waals surface area contributed by atoms with Crippen molar-refractivity contribution in [3.8, 4) is 17.2 Å². The van der Waals surface area contributed by atoms with Crippen LogP contribution in [0, 0.1) is 0 Å². The summed E-state index contributed by atoms with van der Waals surface area (Å²) in [5.41, 5.74) is -6.25. The van der Waals surface area contributed by atoms with Crippen molar-refractivity contribution in [2.24, 2.45) is 0 Å². The Morgan fingerprint density at radius 2 is 1.43 bits per heavy atom. The number of alkyl halides is 6. The average molecular weight is 585 g/mol. The minimum absolute atomic E-state index is 0.0552. The Hall–Kier alpha value is -3.71. The molecule has 4 rings (SSSR count). The second kappa shape index (κ2) is 10.7. The van der Waals surface area contributed by atoms with Gasteiger partial charge in [-0.25, -0.2) is 4.98 Å². The number of thioether (sulfide) groups is 1. The van der Waals surface area contributed by atoms with E-state index in [2.05, 4.69) is 4.98 Å².